The number of carboxylic acid groups (broad SMARTS) is 3. The van der Waals surface area contributed by atoms with E-state index in [4.69, 9.17) is 15.3 Å². The quantitative estimate of drug-likeness (QED) is 0.402. The van der Waals surface area contributed by atoms with Crippen molar-refractivity contribution in [2.24, 2.45) is 0 Å². The van der Waals surface area contributed by atoms with E-state index in [1.54, 1.807) is 0 Å². The van der Waals surface area contributed by atoms with Crippen LogP contribution in [0.4, 0.5) is 4.53 Å². The third-order valence-electron chi connectivity index (χ3n) is 2.25. The Morgan fingerprint density at radius 2 is 1.10 bits per heavy atom. The number of carboxylic acids is 3. The van der Waals surface area contributed by atoms with Crippen LogP contribution in [0.5, 0.6) is 0 Å². The summed E-state index contributed by atoms with van der Waals surface area (Å²) < 4.78 is 11.6. The van der Waals surface area contributed by atoms with Crippen LogP contribution in [0, 0.1) is 0 Å². The molecule has 21 heavy (non-hydrogen) atoms. The number of carbonyl (C=O) groups excluding carboxylic acids is 1. The highest BCUT2D eigenvalue weighted by Gasteiger charge is 2.19. The van der Waals surface area contributed by atoms with Crippen molar-refractivity contribution in [3.8, 4) is 0 Å². The van der Waals surface area contributed by atoms with Crippen LogP contribution in [0.2, 0.25) is 0 Å². The van der Waals surface area contributed by atoms with E-state index in [-0.39, 0.29) is 13.1 Å². The summed E-state index contributed by atoms with van der Waals surface area (Å²) in [5.41, 5.74) is 0. The molecule has 120 valence electrons. The molecule has 10 nitrogen and oxygen atoms in total. The van der Waals surface area contributed by atoms with Gasteiger partial charge in [-0.2, -0.15) is 0 Å². The molecule has 0 aromatic carbocycles. The van der Waals surface area contributed by atoms with Crippen LogP contribution < -0.4 is 0 Å². The number of halogens is 1. The fourth-order valence-corrected chi connectivity index (χ4v) is 1.49. The zero-order valence-corrected chi connectivity index (χ0v) is 10.9. The van der Waals surface area contributed by atoms with Gasteiger partial charge in [0.2, 0.25) is 0 Å². The van der Waals surface area contributed by atoms with Gasteiger partial charge in [-0.3, -0.25) is 29.1 Å². The predicted molar refractivity (Wildman–Crippen MR) is 63.0 cm³/mol. The first-order chi connectivity index (χ1) is 9.74. The minimum atomic E-state index is -1.31. The highest BCUT2D eigenvalue weighted by atomic mass is 19.3. The first-order valence-corrected chi connectivity index (χ1v) is 5.66. The number of hydrogen-bond donors (Lipinski definition) is 3. The molecule has 0 unspecified atom stereocenters. The van der Waals surface area contributed by atoms with Gasteiger partial charge in [0.1, 0.15) is 6.54 Å². The minimum Gasteiger partial charge on any atom is -0.480 e. The highest BCUT2D eigenvalue weighted by molar-refractivity contribution is 5.74. The van der Waals surface area contributed by atoms with E-state index in [2.05, 4.69) is 4.94 Å². The van der Waals surface area contributed by atoms with E-state index < -0.39 is 50.1 Å². The van der Waals surface area contributed by atoms with Crippen LogP contribution in [0.3, 0.4) is 0 Å². The summed E-state index contributed by atoms with van der Waals surface area (Å²) in [7, 11) is 0. The molecule has 0 aliphatic carbocycles. The minimum absolute atomic E-state index is 0.133. The van der Waals surface area contributed by atoms with Crippen molar-refractivity contribution in [1.82, 2.24) is 9.80 Å². The fourth-order valence-electron chi connectivity index (χ4n) is 1.49. The zero-order valence-electron chi connectivity index (χ0n) is 10.9. The average molecular weight is 310 g/mol. The summed E-state index contributed by atoms with van der Waals surface area (Å²) in [6.45, 7) is -2.69. The SMILES string of the molecule is O=C(O)CN(CCN(CC(=O)O)CC(=O)OF)CC(=O)O. The van der Waals surface area contributed by atoms with Gasteiger partial charge < -0.3 is 15.3 Å². The Morgan fingerprint density at radius 3 is 1.38 bits per heavy atom. The summed E-state index contributed by atoms with van der Waals surface area (Å²) in [5, 5.41) is 25.9. The van der Waals surface area contributed by atoms with Gasteiger partial charge in [-0.15, -0.1) is 0 Å². The van der Waals surface area contributed by atoms with E-state index in [1.807, 2.05) is 0 Å². The maximum atomic E-state index is 11.6. The molecule has 3 N–H and O–H groups in total. The van der Waals surface area contributed by atoms with Crippen molar-refractivity contribution in [2.45, 2.75) is 0 Å². The van der Waals surface area contributed by atoms with E-state index in [0.29, 0.717) is 0 Å². The Balaban J connectivity index is 4.56. The van der Waals surface area contributed by atoms with Crippen LogP contribution >= 0.6 is 0 Å². The van der Waals surface area contributed by atoms with Gasteiger partial charge in [-0.25, -0.2) is 4.79 Å². The maximum Gasteiger partial charge on any atom is 0.362 e. The lowest BCUT2D eigenvalue weighted by atomic mass is 10.4. The second-order valence-corrected chi connectivity index (χ2v) is 4.05. The average Bonchev–Trinajstić information content (AvgIpc) is 2.33. The topological polar surface area (TPSA) is 145 Å². The van der Waals surface area contributed by atoms with E-state index in [1.165, 1.54) is 0 Å². The number of rotatable bonds is 11. The molecule has 0 saturated heterocycles. The molecule has 0 aromatic rings. The number of aliphatic carboxylic acids is 3. The smallest absolute Gasteiger partial charge is 0.362 e. The van der Waals surface area contributed by atoms with E-state index in [0.717, 1.165) is 9.80 Å². The van der Waals surface area contributed by atoms with Crippen molar-refractivity contribution in [3.63, 3.8) is 0 Å². The molecule has 0 rings (SSSR count). The van der Waals surface area contributed by atoms with Gasteiger partial charge in [0.05, 0.1) is 19.6 Å². The molecule has 0 aromatic heterocycles. The van der Waals surface area contributed by atoms with Crippen molar-refractivity contribution < 1.29 is 44.0 Å². The van der Waals surface area contributed by atoms with Crippen LogP contribution in [0.1, 0.15) is 0 Å². The van der Waals surface area contributed by atoms with Crippen LogP contribution in [0.25, 0.3) is 0 Å². The Hall–Kier alpha value is -2.27. The molecule has 0 saturated carbocycles. The second-order valence-electron chi connectivity index (χ2n) is 4.05. The summed E-state index contributed by atoms with van der Waals surface area (Å²) in [6, 6.07) is 0. The summed E-state index contributed by atoms with van der Waals surface area (Å²) >= 11 is 0. The van der Waals surface area contributed by atoms with Crippen LogP contribution in [-0.2, 0) is 24.1 Å². The molecule has 11 heteroatoms. The maximum absolute atomic E-state index is 11.6. The summed E-state index contributed by atoms with van der Waals surface area (Å²) in [5.74, 6) is -5.11. The Labute approximate surface area is 118 Å². The fraction of sp³-hybridized carbons (Fsp3) is 0.600. The molecule has 0 fully saturated rings. The highest BCUT2D eigenvalue weighted by Crippen LogP contribution is 1.95. The molecular weight excluding hydrogens is 295 g/mol. The van der Waals surface area contributed by atoms with Gasteiger partial charge in [0, 0.05) is 17.6 Å². The molecule has 0 aliphatic rings. The van der Waals surface area contributed by atoms with Crippen molar-refractivity contribution in [2.75, 3.05) is 39.3 Å². The molecule has 0 heterocycles. The predicted octanol–water partition coefficient (Wildman–Crippen LogP) is -1.73. The second kappa shape index (κ2) is 9.61. The van der Waals surface area contributed by atoms with Crippen molar-refractivity contribution in [1.29, 1.82) is 0 Å². The van der Waals surface area contributed by atoms with E-state index in [9.17, 15) is 23.7 Å². The number of carbonyl (C=O) groups is 4. The summed E-state index contributed by atoms with van der Waals surface area (Å²) in [6.07, 6.45) is 0. The third kappa shape index (κ3) is 10.2. The van der Waals surface area contributed by atoms with Crippen LogP contribution in [0.15, 0.2) is 0 Å². The van der Waals surface area contributed by atoms with Crippen LogP contribution in [-0.4, -0.2) is 88.3 Å². The first-order valence-electron chi connectivity index (χ1n) is 5.66. The summed E-state index contributed by atoms with van der Waals surface area (Å²) in [4.78, 5) is 47.4. The lowest BCUT2D eigenvalue weighted by molar-refractivity contribution is -0.185. The van der Waals surface area contributed by atoms with Gasteiger partial charge in [-0.05, 0) is 0 Å². The Bertz CT molecular complexity index is 387. The molecular formula is C10H15FN2O8. The Morgan fingerprint density at radius 1 is 0.762 bits per heavy atom. The monoisotopic (exact) mass is 310 g/mol. The lowest BCUT2D eigenvalue weighted by Gasteiger charge is -2.23. The molecule has 0 spiro atoms. The normalized spacial score (nSPS) is 10.6. The van der Waals surface area contributed by atoms with Gasteiger partial charge >= 0.3 is 23.9 Å². The lowest BCUT2D eigenvalue weighted by Crippen LogP contribution is -2.43. The molecule has 0 radical (unpaired) electrons. The zero-order chi connectivity index (χ0) is 16.4. The van der Waals surface area contributed by atoms with Gasteiger partial charge in [0.15, 0.2) is 0 Å². The molecule has 0 bridgehead atoms. The first kappa shape index (κ1) is 18.7. The number of hydrogen-bond acceptors (Lipinski definition) is 7. The molecule has 0 aliphatic heterocycles. The van der Waals surface area contributed by atoms with Crippen molar-refractivity contribution in [3.05, 3.63) is 0 Å². The van der Waals surface area contributed by atoms with Gasteiger partial charge in [-0.1, -0.05) is 0 Å². The van der Waals surface area contributed by atoms with Gasteiger partial charge in [0.25, 0.3) is 0 Å². The van der Waals surface area contributed by atoms with E-state index >= 15 is 0 Å². The molecule has 0 atom stereocenters. The molecule has 0 amide bonds. The van der Waals surface area contributed by atoms with Crippen molar-refractivity contribution >= 4 is 23.9 Å². The standard InChI is InChI=1S/C10H15FN2O8/c11-21-10(20)6-13(5-9(18)19)2-1-12(3-7(14)15)4-8(16)17/h1-6H2,(H,14,15)(H,16,17)(H,18,19). The Kier molecular flexibility index (Phi) is 8.57. The largest absolute Gasteiger partial charge is 0.480 e. The third-order valence-corrected chi connectivity index (χ3v) is 2.25. The number of nitrogens with zero attached hydrogens (tertiary/aromatic N) is 2.